The molecular weight excluding hydrogens is 428 g/mol. The second kappa shape index (κ2) is 10.9. The molecule has 9 heteroatoms. The van der Waals surface area contributed by atoms with Gasteiger partial charge >= 0.3 is 11.9 Å². The summed E-state index contributed by atoms with van der Waals surface area (Å²) < 4.78 is 27.5. The van der Waals surface area contributed by atoms with Gasteiger partial charge < -0.3 is 23.7 Å². The molecule has 0 saturated carbocycles. The number of methoxy groups -OCH3 is 3. The summed E-state index contributed by atoms with van der Waals surface area (Å²) in [4.78, 5) is 25.4. The first-order valence-corrected chi connectivity index (χ1v) is 9.94. The minimum atomic E-state index is -0.729. The van der Waals surface area contributed by atoms with E-state index in [1.165, 1.54) is 32.3 Å². The summed E-state index contributed by atoms with van der Waals surface area (Å²) in [5, 5.41) is 4.57. The molecule has 0 bridgehead atoms. The van der Waals surface area contributed by atoms with Crippen LogP contribution in [0.1, 0.15) is 20.8 Å². The van der Waals surface area contributed by atoms with Gasteiger partial charge in [0.2, 0.25) is 0 Å². The Morgan fingerprint density at radius 2 is 1.70 bits per heavy atom. The Morgan fingerprint density at radius 1 is 0.970 bits per heavy atom. The number of carbonyl (C=O) groups is 2. The predicted molar refractivity (Wildman–Crippen MR) is 120 cm³/mol. The lowest BCUT2D eigenvalue weighted by Crippen LogP contribution is -2.15. The lowest BCUT2D eigenvalue weighted by atomic mass is 10.0. The summed E-state index contributed by atoms with van der Waals surface area (Å²) in [5.41, 5.74) is 1.24. The van der Waals surface area contributed by atoms with Gasteiger partial charge in [-0.3, -0.25) is 0 Å². The molecule has 0 aliphatic rings. The number of esters is 2. The zero-order chi connectivity index (χ0) is 23.8. The lowest BCUT2D eigenvalue weighted by Gasteiger charge is -2.12. The predicted octanol–water partition coefficient (Wildman–Crippen LogP) is 3.66. The molecule has 0 radical (unpaired) electrons. The summed E-state index contributed by atoms with van der Waals surface area (Å²) in [7, 11) is 3.96. The molecule has 2 aromatic carbocycles. The van der Waals surface area contributed by atoms with Crippen LogP contribution < -0.4 is 9.47 Å². The number of carbonyl (C=O) groups excluding carboxylic acids is 2. The monoisotopic (exact) mass is 452 g/mol. The minimum Gasteiger partial charge on any atom is -0.498 e. The first-order valence-electron chi connectivity index (χ1n) is 9.94. The third kappa shape index (κ3) is 4.98. The first-order chi connectivity index (χ1) is 16.0. The van der Waals surface area contributed by atoms with Crippen molar-refractivity contribution in [2.75, 3.05) is 34.5 Å². The molecule has 1 heterocycles. The van der Waals surface area contributed by atoms with E-state index in [1.54, 1.807) is 42.5 Å². The van der Waals surface area contributed by atoms with Crippen LogP contribution >= 0.6 is 0 Å². The van der Waals surface area contributed by atoms with Crippen LogP contribution in [0.2, 0.25) is 0 Å². The molecule has 1 aromatic heterocycles. The zero-order valence-electron chi connectivity index (χ0n) is 18.6. The van der Waals surface area contributed by atoms with Crippen molar-refractivity contribution in [2.24, 2.45) is 0 Å². The van der Waals surface area contributed by atoms with Crippen molar-refractivity contribution in [2.45, 2.75) is 0 Å². The number of para-hydroxylation sites is 1. The van der Waals surface area contributed by atoms with Gasteiger partial charge in [0.15, 0.2) is 17.2 Å². The van der Waals surface area contributed by atoms with Crippen molar-refractivity contribution in [1.82, 2.24) is 9.78 Å². The third-order valence-corrected chi connectivity index (χ3v) is 4.67. The maximum absolute atomic E-state index is 12.8. The molecule has 0 atom stereocenters. The fourth-order valence-corrected chi connectivity index (χ4v) is 3.17. The fraction of sp³-hybridized carbons (Fsp3) is 0.208. The van der Waals surface area contributed by atoms with Crippen LogP contribution in [-0.2, 0) is 14.2 Å². The van der Waals surface area contributed by atoms with Crippen LogP contribution in [0, 0.1) is 0 Å². The van der Waals surface area contributed by atoms with Crippen molar-refractivity contribution in [3.8, 4) is 28.4 Å². The second-order valence-electron chi connectivity index (χ2n) is 6.55. The average Bonchev–Trinajstić information content (AvgIpc) is 3.27. The summed E-state index contributed by atoms with van der Waals surface area (Å²) >= 11 is 0. The number of ether oxygens (including phenoxy) is 5. The van der Waals surface area contributed by atoms with Crippen LogP contribution in [0.5, 0.6) is 11.5 Å². The summed E-state index contributed by atoms with van der Waals surface area (Å²) in [6.07, 6.45) is 1.33. The normalized spacial score (nSPS) is 10.3. The molecule has 33 heavy (non-hydrogen) atoms. The molecule has 0 unspecified atom stereocenters. The number of aromatic nitrogens is 2. The van der Waals surface area contributed by atoms with E-state index in [-0.39, 0.29) is 23.6 Å². The number of hydrogen-bond acceptors (Lipinski definition) is 8. The van der Waals surface area contributed by atoms with E-state index in [9.17, 15) is 9.59 Å². The Bertz CT molecular complexity index is 1140. The highest BCUT2D eigenvalue weighted by atomic mass is 16.5. The highest BCUT2D eigenvalue weighted by molar-refractivity contribution is 6.06. The molecule has 3 aromatic rings. The van der Waals surface area contributed by atoms with Crippen LogP contribution in [0.4, 0.5) is 0 Å². The summed E-state index contributed by atoms with van der Waals surface area (Å²) in [5.74, 6) is -0.569. The molecule has 9 nitrogen and oxygen atoms in total. The highest BCUT2D eigenvalue weighted by Gasteiger charge is 2.31. The van der Waals surface area contributed by atoms with Crippen molar-refractivity contribution < 1.29 is 33.3 Å². The van der Waals surface area contributed by atoms with Crippen LogP contribution in [0.3, 0.4) is 0 Å². The molecule has 0 aliphatic carbocycles. The van der Waals surface area contributed by atoms with E-state index < -0.39 is 11.9 Å². The van der Waals surface area contributed by atoms with E-state index in [0.29, 0.717) is 29.4 Å². The largest absolute Gasteiger partial charge is 0.498 e. The molecule has 0 fully saturated rings. The molecule has 3 rings (SSSR count). The Balaban J connectivity index is 2.16. The molecule has 172 valence electrons. The maximum atomic E-state index is 12.8. The van der Waals surface area contributed by atoms with Crippen molar-refractivity contribution >= 4 is 11.9 Å². The van der Waals surface area contributed by atoms with E-state index in [0.717, 1.165) is 0 Å². The van der Waals surface area contributed by atoms with Gasteiger partial charge in [0.25, 0.3) is 0 Å². The molecule has 0 amide bonds. The van der Waals surface area contributed by atoms with Gasteiger partial charge in [0.05, 0.1) is 33.3 Å². The minimum absolute atomic E-state index is 0.0247. The maximum Gasteiger partial charge on any atom is 0.357 e. The van der Waals surface area contributed by atoms with Crippen LogP contribution in [-0.4, -0.2) is 56.3 Å². The molecule has 0 aliphatic heterocycles. The number of hydrogen-bond donors (Lipinski definition) is 0. The van der Waals surface area contributed by atoms with E-state index in [4.69, 9.17) is 23.7 Å². The number of rotatable bonds is 10. The Labute approximate surface area is 191 Å². The van der Waals surface area contributed by atoms with Gasteiger partial charge in [-0.25, -0.2) is 14.3 Å². The first kappa shape index (κ1) is 23.4. The third-order valence-electron chi connectivity index (χ3n) is 4.67. The average molecular weight is 452 g/mol. The smallest absolute Gasteiger partial charge is 0.357 e. The van der Waals surface area contributed by atoms with Crippen molar-refractivity contribution in [3.05, 3.63) is 72.6 Å². The zero-order valence-corrected chi connectivity index (χ0v) is 18.6. The van der Waals surface area contributed by atoms with Crippen LogP contribution in [0.25, 0.3) is 16.9 Å². The van der Waals surface area contributed by atoms with Gasteiger partial charge in [0.1, 0.15) is 24.5 Å². The second-order valence-corrected chi connectivity index (χ2v) is 6.55. The van der Waals surface area contributed by atoms with Gasteiger partial charge in [-0.2, -0.15) is 5.10 Å². The molecule has 0 saturated heterocycles. The summed E-state index contributed by atoms with van der Waals surface area (Å²) in [6.45, 7) is 4.09. The Kier molecular flexibility index (Phi) is 7.69. The molecule has 0 N–H and O–H groups in total. The summed E-state index contributed by atoms with van der Waals surface area (Å²) in [6, 6.07) is 14.0. The molecule has 0 spiro atoms. The lowest BCUT2D eigenvalue weighted by molar-refractivity contribution is 0.0549. The van der Waals surface area contributed by atoms with Gasteiger partial charge in [-0.1, -0.05) is 24.8 Å². The van der Waals surface area contributed by atoms with Gasteiger partial charge in [-0.15, -0.1) is 0 Å². The Morgan fingerprint density at radius 3 is 2.33 bits per heavy atom. The van der Waals surface area contributed by atoms with Crippen molar-refractivity contribution in [1.29, 1.82) is 0 Å². The quantitative estimate of drug-likeness (QED) is 0.261. The van der Waals surface area contributed by atoms with Crippen molar-refractivity contribution in [3.63, 3.8) is 0 Å². The van der Waals surface area contributed by atoms with Gasteiger partial charge in [-0.05, 0) is 30.3 Å². The highest BCUT2D eigenvalue weighted by Crippen LogP contribution is 2.35. The van der Waals surface area contributed by atoms with E-state index >= 15 is 0 Å². The fourth-order valence-electron chi connectivity index (χ4n) is 3.17. The Hall–Kier alpha value is -4.27. The topological polar surface area (TPSA) is 98.1 Å². The van der Waals surface area contributed by atoms with E-state index in [2.05, 4.69) is 11.7 Å². The number of nitrogens with zero attached hydrogens (tertiary/aromatic N) is 2. The number of benzene rings is 2. The SMILES string of the molecule is C=COCCOc1ccc(-c2nn(-c3ccccc3)c(C(=O)OC)c2C(=O)OC)cc1OC. The van der Waals surface area contributed by atoms with E-state index in [1.807, 2.05) is 6.07 Å². The van der Waals surface area contributed by atoms with Crippen LogP contribution in [0.15, 0.2) is 61.4 Å². The molecular formula is C24H24N2O7. The standard InChI is InChI=1S/C24H24N2O7/c1-5-32-13-14-33-18-12-11-16(15-19(18)29-2)21-20(23(27)30-3)22(24(28)31-4)26(25-21)17-9-7-6-8-10-17/h5-12,15H,1,13-14H2,2-4H3. The van der Waals surface area contributed by atoms with Gasteiger partial charge in [0, 0.05) is 5.56 Å².